The molecule has 2 aliphatic rings. The fourth-order valence-corrected chi connectivity index (χ4v) is 6.53. The molecule has 2 atom stereocenters. The average molecular weight is 557 g/mol. The van der Waals surface area contributed by atoms with Crippen LogP contribution in [-0.2, 0) is 24.1 Å². The van der Waals surface area contributed by atoms with Crippen molar-refractivity contribution in [2.24, 2.45) is 0 Å². The molecule has 1 aliphatic heterocycles. The van der Waals surface area contributed by atoms with Crippen molar-refractivity contribution in [2.75, 3.05) is 6.54 Å². The molecule has 0 amide bonds. The SMILES string of the molecule is CCC(c1ccc(C)c(CN2CC3(CC3)Oc3ncccc3[S+]2[O-])n1)c1ccn2c(C(F)(F)F)nnc2c1C. The predicted molar refractivity (Wildman–Crippen MR) is 137 cm³/mol. The molecule has 4 aromatic heterocycles. The zero-order chi connectivity index (χ0) is 27.5. The lowest BCUT2D eigenvalue weighted by molar-refractivity contribution is -0.145. The second kappa shape index (κ2) is 9.46. The van der Waals surface area contributed by atoms with Gasteiger partial charge in [-0.15, -0.1) is 14.5 Å². The third-order valence-corrected chi connectivity index (χ3v) is 8.97. The Hall–Kier alpha value is -3.22. The van der Waals surface area contributed by atoms with Crippen molar-refractivity contribution in [1.29, 1.82) is 0 Å². The van der Waals surface area contributed by atoms with E-state index in [1.54, 1.807) is 31.3 Å². The summed E-state index contributed by atoms with van der Waals surface area (Å²) < 4.78 is 62.8. The number of nitrogens with zero attached hydrogens (tertiary/aromatic N) is 6. The van der Waals surface area contributed by atoms with Crippen LogP contribution in [0.1, 0.15) is 66.0 Å². The van der Waals surface area contributed by atoms with Crippen molar-refractivity contribution >= 4 is 17.0 Å². The van der Waals surface area contributed by atoms with E-state index in [2.05, 4.69) is 15.2 Å². The Labute approximate surface area is 226 Å². The zero-order valence-electron chi connectivity index (χ0n) is 21.7. The van der Waals surface area contributed by atoms with Crippen LogP contribution in [0.3, 0.4) is 0 Å². The minimum absolute atomic E-state index is 0.168. The second-order valence-electron chi connectivity index (χ2n) is 10.2. The van der Waals surface area contributed by atoms with E-state index in [1.165, 1.54) is 6.20 Å². The van der Waals surface area contributed by atoms with E-state index in [1.807, 2.05) is 30.3 Å². The number of rotatable bonds is 5. The first-order valence-corrected chi connectivity index (χ1v) is 13.9. The Bertz CT molecular complexity index is 1550. The van der Waals surface area contributed by atoms with Gasteiger partial charge in [0.2, 0.25) is 10.7 Å². The summed E-state index contributed by atoms with van der Waals surface area (Å²) in [6.07, 6.45) is 0.851. The van der Waals surface area contributed by atoms with Crippen LogP contribution in [0.2, 0.25) is 0 Å². The van der Waals surface area contributed by atoms with Gasteiger partial charge < -0.3 is 9.29 Å². The summed E-state index contributed by atoms with van der Waals surface area (Å²) in [5.41, 5.74) is 3.81. The normalized spacial score (nSPS) is 19.5. The lowest BCUT2D eigenvalue weighted by Crippen LogP contribution is -2.38. The molecule has 0 aromatic carbocycles. The summed E-state index contributed by atoms with van der Waals surface area (Å²) in [7, 11) is 0. The molecule has 8 nitrogen and oxygen atoms in total. The third-order valence-electron chi connectivity index (χ3n) is 7.56. The van der Waals surface area contributed by atoms with Crippen LogP contribution < -0.4 is 4.74 Å². The monoisotopic (exact) mass is 556 g/mol. The van der Waals surface area contributed by atoms with Gasteiger partial charge in [-0.2, -0.15) is 13.2 Å². The van der Waals surface area contributed by atoms with Gasteiger partial charge in [-0.25, -0.2) is 4.98 Å². The molecule has 0 N–H and O–H groups in total. The molecule has 1 spiro atoms. The number of aromatic nitrogens is 5. The molecule has 5 heterocycles. The number of fused-ring (bicyclic) bond motifs is 2. The van der Waals surface area contributed by atoms with Crippen LogP contribution in [0.15, 0.2) is 47.6 Å². The predicted octanol–water partition coefficient (Wildman–Crippen LogP) is 5.15. The maximum absolute atomic E-state index is 13.6. The molecule has 6 rings (SSSR count). The number of halogens is 3. The first-order chi connectivity index (χ1) is 18.6. The molecule has 2 unspecified atom stereocenters. The topological polar surface area (TPSA) is 91.5 Å². The summed E-state index contributed by atoms with van der Waals surface area (Å²) in [4.78, 5) is 9.89. The molecule has 1 aliphatic carbocycles. The van der Waals surface area contributed by atoms with Crippen LogP contribution >= 0.6 is 0 Å². The lowest BCUT2D eigenvalue weighted by Gasteiger charge is -2.25. The molecule has 0 radical (unpaired) electrons. The average Bonchev–Trinajstić information content (AvgIpc) is 3.52. The first-order valence-electron chi connectivity index (χ1n) is 12.8. The quantitative estimate of drug-likeness (QED) is 0.314. The van der Waals surface area contributed by atoms with Gasteiger partial charge >= 0.3 is 6.18 Å². The second-order valence-corrected chi connectivity index (χ2v) is 11.7. The van der Waals surface area contributed by atoms with Crippen LogP contribution in [0, 0.1) is 13.8 Å². The number of aryl methyl sites for hydroxylation is 2. The minimum Gasteiger partial charge on any atom is -0.593 e. The van der Waals surface area contributed by atoms with E-state index in [4.69, 9.17) is 9.72 Å². The number of alkyl halides is 3. The highest BCUT2D eigenvalue weighted by Crippen LogP contribution is 2.46. The van der Waals surface area contributed by atoms with E-state index < -0.39 is 23.4 Å². The van der Waals surface area contributed by atoms with E-state index >= 15 is 0 Å². The van der Waals surface area contributed by atoms with E-state index in [-0.39, 0.29) is 17.2 Å². The number of hydrogen-bond acceptors (Lipinski definition) is 7. The fourth-order valence-electron chi connectivity index (χ4n) is 5.22. The number of hydrogen-bond donors (Lipinski definition) is 0. The maximum atomic E-state index is 13.6. The molecule has 4 aromatic rings. The largest absolute Gasteiger partial charge is 0.593 e. The van der Waals surface area contributed by atoms with Crippen LogP contribution in [0.5, 0.6) is 5.88 Å². The molecule has 204 valence electrons. The van der Waals surface area contributed by atoms with Crippen molar-refractivity contribution in [3.05, 3.63) is 76.6 Å². The minimum atomic E-state index is -4.60. The van der Waals surface area contributed by atoms with Gasteiger partial charge in [0.15, 0.2) is 5.65 Å². The Morgan fingerprint density at radius 2 is 1.95 bits per heavy atom. The highest BCUT2D eigenvalue weighted by molar-refractivity contribution is 7.89. The van der Waals surface area contributed by atoms with Crippen LogP contribution in [-0.4, -0.2) is 45.6 Å². The van der Waals surface area contributed by atoms with E-state index in [0.717, 1.165) is 39.8 Å². The van der Waals surface area contributed by atoms with Crippen molar-refractivity contribution in [3.8, 4) is 5.88 Å². The fraction of sp³-hybridized carbons (Fsp3) is 0.407. The Kier molecular flexibility index (Phi) is 6.31. The highest BCUT2D eigenvalue weighted by Gasteiger charge is 2.53. The molecule has 39 heavy (non-hydrogen) atoms. The van der Waals surface area contributed by atoms with Crippen molar-refractivity contribution in [2.45, 2.75) is 69.2 Å². The van der Waals surface area contributed by atoms with Crippen LogP contribution in [0.25, 0.3) is 5.65 Å². The van der Waals surface area contributed by atoms with Crippen molar-refractivity contribution in [1.82, 2.24) is 28.9 Å². The number of ether oxygens (including phenoxy) is 1. The Balaban J connectivity index is 1.34. The Morgan fingerprint density at radius 1 is 1.15 bits per heavy atom. The van der Waals surface area contributed by atoms with Gasteiger partial charge in [0.1, 0.15) is 5.60 Å². The summed E-state index contributed by atoms with van der Waals surface area (Å²) in [6.45, 7) is 6.61. The molecule has 0 saturated heterocycles. The standard InChI is InChI=1S/C27H27F3N6O2S/c1-4-18(19-9-13-36-23(17(19)3)33-34-25(36)27(28,29)30)20-8-7-16(2)21(32-20)14-35-15-26(10-11-26)38-24-22(39(35)37)6-5-12-31-24/h5-9,12-13,18H,4,10-11,14-15H2,1-3H3. The van der Waals surface area contributed by atoms with Crippen LogP contribution in [0.4, 0.5) is 13.2 Å². The van der Waals surface area contributed by atoms with Gasteiger partial charge in [-0.1, -0.05) is 13.0 Å². The summed E-state index contributed by atoms with van der Waals surface area (Å²) in [5.74, 6) is -0.790. The van der Waals surface area contributed by atoms with Gasteiger partial charge in [0, 0.05) is 30.1 Å². The number of pyridine rings is 3. The molecule has 0 bridgehead atoms. The smallest absolute Gasteiger partial charge is 0.452 e. The van der Waals surface area contributed by atoms with Crippen molar-refractivity contribution in [3.63, 3.8) is 0 Å². The third kappa shape index (κ3) is 4.64. The summed E-state index contributed by atoms with van der Waals surface area (Å²) >= 11 is -1.47. The molecular weight excluding hydrogens is 529 g/mol. The zero-order valence-corrected chi connectivity index (χ0v) is 22.5. The van der Waals surface area contributed by atoms with Gasteiger partial charge in [0.05, 0.1) is 30.1 Å². The van der Waals surface area contributed by atoms with Gasteiger partial charge in [-0.05, 0) is 68.0 Å². The first kappa shape index (κ1) is 26.0. The molecular formula is C27H27F3N6O2S. The lowest BCUT2D eigenvalue weighted by atomic mass is 9.90. The van der Waals surface area contributed by atoms with Gasteiger partial charge in [-0.3, -0.25) is 9.38 Å². The van der Waals surface area contributed by atoms with E-state index in [0.29, 0.717) is 35.8 Å². The Morgan fingerprint density at radius 3 is 2.67 bits per heavy atom. The molecule has 1 saturated carbocycles. The molecule has 12 heteroatoms. The summed E-state index contributed by atoms with van der Waals surface area (Å²) in [6, 6.07) is 9.17. The maximum Gasteiger partial charge on any atom is 0.452 e. The highest BCUT2D eigenvalue weighted by atomic mass is 32.2. The van der Waals surface area contributed by atoms with E-state index in [9.17, 15) is 17.7 Å². The molecule has 1 fully saturated rings. The van der Waals surface area contributed by atoms with Crippen molar-refractivity contribution < 1.29 is 22.5 Å². The summed E-state index contributed by atoms with van der Waals surface area (Å²) in [5, 5.41) is 7.22. The van der Waals surface area contributed by atoms with Gasteiger partial charge in [0.25, 0.3) is 5.88 Å².